The van der Waals surface area contributed by atoms with Gasteiger partial charge in [0.2, 0.25) is 0 Å². The second-order valence-corrected chi connectivity index (χ2v) is 9.26. The predicted octanol–water partition coefficient (Wildman–Crippen LogP) is 5.37. The van der Waals surface area contributed by atoms with Crippen LogP contribution in [0, 0.1) is 23.5 Å². The highest BCUT2D eigenvalue weighted by atomic mass is 79.9. The van der Waals surface area contributed by atoms with Gasteiger partial charge in [0.25, 0.3) is 0 Å². The van der Waals surface area contributed by atoms with Gasteiger partial charge in [-0.05, 0) is 78.9 Å². The highest BCUT2D eigenvalue weighted by Crippen LogP contribution is 2.31. The molecule has 0 aliphatic carbocycles. The molecule has 1 aromatic carbocycles. The molecule has 0 amide bonds. The molecule has 0 unspecified atom stereocenters. The minimum absolute atomic E-state index is 0.0234. The molecule has 0 spiro atoms. The monoisotopic (exact) mass is 513 g/mol. The third-order valence-electron chi connectivity index (χ3n) is 4.39. The number of rotatable bonds is 5. The van der Waals surface area contributed by atoms with E-state index >= 15 is 0 Å². The zero-order chi connectivity index (χ0) is 24.0. The van der Waals surface area contributed by atoms with Gasteiger partial charge in [-0.3, -0.25) is 4.79 Å². The van der Waals surface area contributed by atoms with Crippen LogP contribution in [0.5, 0.6) is 0 Å². The average molecular weight is 514 g/mol. The number of ether oxygens (including phenoxy) is 1. The van der Waals surface area contributed by atoms with Gasteiger partial charge in [-0.25, -0.2) is 23.7 Å². The number of benzene rings is 1. The summed E-state index contributed by atoms with van der Waals surface area (Å²) in [5.41, 5.74) is 1.39. The van der Waals surface area contributed by atoms with E-state index in [0.29, 0.717) is 27.0 Å². The number of nitrogens with zero attached hydrogens (tertiary/aromatic N) is 3. The topological polar surface area (TPSA) is 65.0 Å². The Balaban J connectivity index is 1.96. The van der Waals surface area contributed by atoms with E-state index in [1.54, 1.807) is 45.3 Å². The van der Waals surface area contributed by atoms with Crippen LogP contribution < -0.4 is 0 Å². The second-order valence-electron chi connectivity index (χ2n) is 8.41. The average Bonchev–Trinajstić information content (AvgIpc) is 2.71. The van der Waals surface area contributed by atoms with Crippen LogP contribution in [0.1, 0.15) is 55.6 Å². The van der Waals surface area contributed by atoms with Crippen LogP contribution in [-0.4, -0.2) is 26.5 Å². The summed E-state index contributed by atoms with van der Waals surface area (Å²) in [4.78, 5) is 25.1. The lowest BCUT2D eigenvalue weighted by molar-refractivity contribution is -0.155. The standard InChI is InChI=1S/C25H22BrF2N3O2/c1-25(2,3)33-23(32)11-18(8-17-9-19(27)12-20(28)10-17)24-22(26)7-6-21(31-24)5-4-16-13-29-15-30-14-16/h6-7,9-10,12-15,18H,8,11H2,1-3H3/t18-/m1/s1. The lowest BCUT2D eigenvalue weighted by Gasteiger charge is -2.23. The molecule has 0 N–H and O–H groups in total. The normalized spacial score (nSPS) is 11.9. The fourth-order valence-electron chi connectivity index (χ4n) is 3.18. The van der Waals surface area contributed by atoms with Crippen molar-refractivity contribution < 1.29 is 18.3 Å². The second kappa shape index (κ2) is 10.6. The molecule has 33 heavy (non-hydrogen) atoms. The Morgan fingerprint density at radius 1 is 1.09 bits per heavy atom. The Kier molecular flexibility index (Phi) is 7.88. The predicted molar refractivity (Wildman–Crippen MR) is 123 cm³/mol. The number of carbonyl (C=O) groups is 1. The van der Waals surface area contributed by atoms with Crippen molar-refractivity contribution in [2.75, 3.05) is 0 Å². The third kappa shape index (κ3) is 7.72. The molecule has 0 fully saturated rings. The van der Waals surface area contributed by atoms with Gasteiger partial charge in [0.1, 0.15) is 29.3 Å². The Morgan fingerprint density at radius 2 is 1.76 bits per heavy atom. The summed E-state index contributed by atoms with van der Waals surface area (Å²) in [5, 5.41) is 0. The van der Waals surface area contributed by atoms with Crippen molar-refractivity contribution in [1.29, 1.82) is 0 Å². The minimum atomic E-state index is -0.683. The number of halogens is 3. The summed E-state index contributed by atoms with van der Waals surface area (Å²) >= 11 is 3.49. The number of hydrogen-bond donors (Lipinski definition) is 0. The van der Waals surface area contributed by atoms with Crippen molar-refractivity contribution in [2.24, 2.45) is 0 Å². The molecule has 0 bridgehead atoms. The fourth-order valence-corrected chi connectivity index (χ4v) is 3.72. The van der Waals surface area contributed by atoms with Crippen LogP contribution in [0.15, 0.2) is 53.5 Å². The molecule has 0 saturated heterocycles. The molecule has 1 atom stereocenters. The van der Waals surface area contributed by atoms with Crippen LogP contribution in [0.3, 0.4) is 0 Å². The summed E-state index contributed by atoms with van der Waals surface area (Å²) in [6.07, 6.45) is 4.75. The summed E-state index contributed by atoms with van der Waals surface area (Å²) in [6, 6.07) is 6.82. The fraction of sp³-hybridized carbons (Fsp3) is 0.280. The molecule has 2 heterocycles. The Bertz CT molecular complexity index is 1180. The molecule has 2 aromatic heterocycles. The number of carbonyl (C=O) groups excluding carboxylic acids is 1. The molecule has 3 aromatic rings. The van der Waals surface area contributed by atoms with Crippen molar-refractivity contribution in [3.8, 4) is 11.8 Å². The lowest BCUT2D eigenvalue weighted by Crippen LogP contribution is -2.25. The van der Waals surface area contributed by atoms with E-state index in [2.05, 4.69) is 42.7 Å². The maximum atomic E-state index is 13.8. The maximum Gasteiger partial charge on any atom is 0.306 e. The van der Waals surface area contributed by atoms with Gasteiger partial charge in [0, 0.05) is 28.9 Å². The highest BCUT2D eigenvalue weighted by Gasteiger charge is 2.25. The number of aromatic nitrogens is 3. The Morgan fingerprint density at radius 3 is 2.39 bits per heavy atom. The van der Waals surface area contributed by atoms with Crippen LogP contribution in [0.4, 0.5) is 8.78 Å². The van der Waals surface area contributed by atoms with Crippen molar-refractivity contribution >= 4 is 21.9 Å². The van der Waals surface area contributed by atoms with Crippen molar-refractivity contribution in [3.63, 3.8) is 0 Å². The summed E-state index contributed by atoms with van der Waals surface area (Å²) < 4.78 is 33.7. The molecule has 0 aliphatic heterocycles. The van der Waals surface area contributed by atoms with Crippen LogP contribution in [-0.2, 0) is 16.0 Å². The molecule has 3 rings (SSSR count). The summed E-state index contributed by atoms with van der Waals surface area (Å²) in [7, 11) is 0. The zero-order valence-corrected chi connectivity index (χ0v) is 20.0. The Labute approximate surface area is 199 Å². The van der Waals surface area contributed by atoms with Gasteiger partial charge >= 0.3 is 5.97 Å². The first kappa shape index (κ1) is 24.5. The van der Waals surface area contributed by atoms with Gasteiger partial charge in [-0.1, -0.05) is 5.92 Å². The molecule has 8 heteroatoms. The van der Waals surface area contributed by atoms with Crippen LogP contribution in [0.25, 0.3) is 0 Å². The molecular weight excluding hydrogens is 492 g/mol. The minimum Gasteiger partial charge on any atom is -0.460 e. The van der Waals surface area contributed by atoms with E-state index in [9.17, 15) is 13.6 Å². The molecule has 0 saturated carbocycles. The maximum absolute atomic E-state index is 13.8. The number of hydrogen-bond acceptors (Lipinski definition) is 5. The van der Waals surface area contributed by atoms with Crippen LogP contribution in [0.2, 0.25) is 0 Å². The van der Waals surface area contributed by atoms with E-state index in [0.717, 1.165) is 6.07 Å². The van der Waals surface area contributed by atoms with E-state index in [1.165, 1.54) is 18.5 Å². The van der Waals surface area contributed by atoms with Crippen LogP contribution >= 0.6 is 15.9 Å². The highest BCUT2D eigenvalue weighted by molar-refractivity contribution is 9.10. The molecule has 0 aliphatic rings. The van der Waals surface area contributed by atoms with Gasteiger partial charge in [0.05, 0.1) is 17.7 Å². The van der Waals surface area contributed by atoms with E-state index in [4.69, 9.17) is 4.74 Å². The number of esters is 1. The van der Waals surface area contributed by atoms with Gasteiger partial charge in [-0.2, -0.15) is 0 Å². The quantitative estimate of drug-likeness (QED) is 0.339. The van der Waals surface area contributed by atoms with Crippen molar-refractivity contribution in [1.82, 2.24) is 15.0 Å². The van der Waals surface area contributed by atoms with E-state index in [1.807, 2.05) is 0 Å². The number of pyridine rings is 1. The summed E-state index contributed by atoms with van der Waals surface area (Å²) in [5.74, 6) is 3.60. The zero-order valence-electron chi connectivity index (χ0n) is 18.4. The third-order valence-corrected chi connectivity index (χ3v) is 5.06. The van der Waals surface area contributed by atoms with E-state index in [-0.39, 0.29) is 12.8 Å². The summed E-state index contributed by atoms with van der Waals surface area (Å²) in [6.45, 7) is 5.33. The first-order valence-electron chi connectivity index (χ1n) is 10.2. The molecule has 5 nitrogen and oxygen atoms in total. The van der Waals surface area contributed by atoms with Gasteiger partial charge in [-0.15, -0.1) is 0 Å². The lowest BCUT2D eigenvalue weighted by atomic mass is 9.92. The Hall–Kier alpha value is -3.18. The molecular formula is C25H22BrF2N3O2. The van der Waals surface area contributed by atoms with Gasteiger partial charge in [0.15, 0.2) is 0 Å². The van der Waals surface area contributed by atoms with Crippen molar-refractivity contribution in [3.05, 3.63) is 87.7 Å². The molecule has 0 radical (unpaired) electrons. The first-order chi connectivity index (χ1) is 15.6. The first-order valence-corrected chi connectivity index (χ1v) is 11.0. The van der Waals surface area contributed by atoms with Gasteiger partial charge < -0.3 is 4.74 Å². The smallest absolute Gasteiger partial charge is 0.306 e. The largest absolute Gasteiger partial charge is 0.460 e. The molecule has 170 valence electrons. The SMILES string of the molecule is CC(C)(C)OC(=O)C[C@@H](Cc1cc(F)cc(F)c1)c1nc(C#Cc2cncnc2)ccc1Br. The van der Waals surface area contributed by atoms with Crippen molar-refractivity contribution in [2.45, 2.75) is 45.1 Å². The van der Waals surface area contributed by atoms with E-state index < -0.39 is 29.1 Å².